The van der Waals surface area contributed by atoms with E-state index in [1.54, 1.807) is 0 Å². The lowest BCUT2D eigenvalue weighted by Crippen LogP contribution is -1.99. The average molecular weight is 229 g/mol. The van der Waals surface area contributed by atoms with Crippen LogP contribution >= 0.6 is 34.8 Å². The molecule has 0 saturated carbocycles. The molecule has 5 heteroatoms. The Labute approximate surface area is 83.7 Å². The van der Waals surface area contributed by atoms with Gasteiger partial charge in [0.05, 0.1) is 0 Å². The van der Waals surface area contributed by atoms with Gasteiger partial charge >= 0.3 is 0 Å². The summed E-state index contributed by atoms with van der Waals surface area (Å²) in [5.74, 6) is -1.27. The smallest absolute Gasteiger partial charge is 0.216 e. The van der Waals surface area contributed by atoms with Gasteiger partial charge in [-0.25, -0.2) is 4.39 Å². The van der Waals surface area contributed by atoms with Crippen LogP contribution < -0.4 is 0 Å². The fourth-order valence-corrected chi connectivity index (χ4v) is 1.04. The van der Waals surface area contributed by atoms with E-state index in [-0.39, 0.29) is 5.56 Å². The molecule has 0 aliphatic carbocycles. The number of phenols is 1. The van der Waals surface area contributed by atoms with Crippen molar-refractivity contribution in [3.63, 3.8) is 0 Å². The van der Waals surface area contributed by atoms with Crippen molar-refractivity contribution in [1.29, 1.82) is 0 Å². The monoisotopic (exact) mass is 228 g/mol. The molecular weight excluding hydrogens is 225 g/mol. The zero-order valence-corrected chi connectivity index (χ0v) is 7.96. The van der Waals surface area contributed by atoms with Crippen LogP contribution in [0.25, 0.3) is 0 Å². The highest BCUT2D eigenvalue weighted by molar-refractivity contribution is 6.66. The first-order chi connectivity index (χ1) is 5.41. The summed E-state index contributed by atoms with van der Waals surface area (Å²) in [4.78, 5) is 0. The van der Waals surface area contributed by atoms with Gasteiger partial charge in [-0.2, -0.15) is 0 Å². The molecule has 1 N–H and O–H groups in total. The van der Waals surface area contributed by atoms with Crippen LogP contribution in [0.4, 0.5) is 4.39 Å². The third-order valence-corrected chi connectivity index (χ3v) is 1.93. The Bertz CT molecular complexity index is 295. The van der Waals surface area contributed by atoms with Crippen molar-refractivity contribution in [1.82, 2.24) is 0 Å². The van der Waals surface area contributed by atoms with E-state index < -0.39 is 15.4 Å². The van der Waals surface area contributed by atoms with Gasteiger partial charge in [0.15, 0.2) is 11.6 Å². The summed E-state index contributed by atoms with van der Waals surface area (Å²) in [5, 5.41) is 8.81. The van der Waals surface area contributed by atoms with E-state index in [0.717, 1.165) is 12.1 Å². The highest BCUT2D eigenvalue weighted by Crippen LogP contribution is 2.39. The standard InChI is InChI=1S/C7H4Cl3FO/c8-7(9,10)4-1-2-6(12)5(11)3-4/h1-3,12H. The molecule has 0 radical (unpaired) electrons. The molecule has 0 aliphatic rings. The molecule has 0 saturated heterocycles. The molecule has 66 valence electrons. The summed E-state index contributed by atoms with van der Waals surface area (Å²) >= 11 is 16.4. The SMILES string of the molecule is Oc1ccc(C(Cl)(Cl)Cl)cc1F. The maximum atomic E-state index is 12.7. The van der Waals surface area contributed by atoms with Gasteiger partial charge in [0, 0.05) is 5.56 Å². The molecular formula is C7H4Cl3FO. The van der Waals surface area contributed by atoms with Crippen LogP contribution in [0.2, 0.25) is 0 Å². The molecule has 0 unspecified atom stereocenters. The molecule has 0 amide bonds. The minimum atomic E-state index is -1.66. The maximum Gasteiger partial charge on any atom is 0.216 e. The molecule has 1 aromatic carbocycles. The second kappa shape index (κ2) is 3.29. The van der Waals surface area contributed by atoms with Crippen molar-refractivity contribution >= 4 is 34.8 Å². The number of aromatic hydroxyl groups is 1. The van der Waals surface area contributed by atoms with Crippen LogP contribution in [0, 0.1) is 5.82 Å². The van der Waals surface area contributed by atoms with E-state index in [0.29, 0.717) is 0 Å². The van der Waals surface area contributed by atoms with Gasteiger partial charge in [0.25, 0.3) is 0 Å². The predicted molar refractivity (Wildman–Crippen MR) is 47.3 cm³/mol. The van der Waals surface area contributed by atoms with Crippen LogP contribution in [-0.4, -0.2) is 5.11 Å². The van der Waals surface area contributed by atoms with E-state index in [1.807, 2.05) is 0 Å². The summed E-state index contributed by atoms with van der Waals surface area (Å²) in [5.41, 5.74) is 0.183. The number of hydrogen-bond donors (Lipinski definition) is 1. The second-order valence-corrected chi connectivity index (χ2v) is 4.45. The van der Waals surface area contributed by atoms with Crippen molar-refractivity contribution in [3.05, 3.63) is 29.6 Å². The quantitative estimate of drug-likeness (QED) is 0.676. The maximum absolute atomic E-state index is 12.7. The third-order valence-electron chi connectivity index (χ3n) is 1.28. The van der Waals surface area contributed by atoms with E-state index >= 15 is 0 Å². The van der Waals surface area contributed by atoms with Crippen molar-refractivity contribution in [2.75, 3.05) is 0 Å². The zero-order chi connectivity index (χ0) is 9.35. The van der Waals surface area contributed by atoms with Crippen LogP contribution in [-0.2, 0) is 3.79 Å². The first-order valence-electron chi connectivity index (χ1n) is 2.97. The van der Waals surface area contributed by atoms with Gasteiger partial charge in [0.1, 0.15) is 0 Å². The fourth-order valence-electron chi connectivity index (χ4n) is 0.683. The summed E-state index contributed by atoms with van der Waals surface area (Å²) in [6.07, 6.45) is 0. The first-order valence-corrected chi connectivity index (χ1v) is 4.10. The predicted octanol–water partition coefficient (Wildman–Crippen LogP) is 3.36. The summed E-state index contributed by atoms with van der Waals surface area (Å²) in [6.45, 7) is 0. The molecule has 0 bridgehead atoms. The Kier molecular flexibility index (Phi) is 2.71. The van der Waals surface area contributed by atoms with Crippen molar-refractivity contribution in [3.8, 4) is 5.75 Å². The van der Waals surface area contributed by atoms with Crippen LogP contribution in [0.5, 0.6) is 5.75 Å². The van der Waals surface area contributed by atoms with E-state index in [1.165, 1.54) is 6.07 Å². The van der Waals surface area contributed by atoms with Crippen molar-refractivity contribution in [2.45, 2.75) is 3.79 Å². The topological polar surface area (TPSA) is 20.2 Å². The lowest BCUT2D eigenvalue weighted by atomic mass is 10.2. The van der Waals surface area contributed by atoms with Crippen molar-refractivity contribution < 1.29 is 9.50 Å². The highest BCUT2D eigenvalue weighted by atomic mass is 35.6. The van der Waals surface area contributed by atoms with Crippen molar-refractivity contribution in [2.24, 2.45) is 0 Å². The molecule has 1 nitrogen and oxygen atoms in total. The minimum Gasteiger partial charge on any atom is -0.505 e. The number of rotatable bonds is 0. The lowest BCUT2D eigenvalue weighted by Gasteiger charge is -2.10. The number of halogens is 4. The Morgan fingerprint density at radius 2 is 1.83 bits per heavy atom. The average Bonchev–Trinajstić information content (AvgIpc) is 1.92. The molecule has 0 fully saturated rings. The van der Waals surface area contributed by atoms with E-state index in [9.17, 15) is 4.39 Å². The molecule has 0 heterocycles. The lowest BCUT2D eigenvalue weighted by molar-refractivity contribution is 0.432. The number of alkyl halides is 3. The highest BCUT2D eigenvalue weighted by Gasteiger charge is 2.23. The molecule has 1 rings (SSSR count). The van der Waals surface area contributed by atoms with E-state index in [2.05, 4.69) is 0 Å². The fraction of sp³-hybridized carbons (Fsp3) is 0.143. The largest absolute Gasteiger partial charge is 0.505 e. The molecule has 0 spiro atoms. The van der Waals surface area contributed by atoms with Gasteiger partial charge in [-0.1, -0.05) is 40.9 Å². The number of benzene rings is 1. The molecule has 0 aromatic heterocycles. The zero-order valence-electron chi connectivity index (χ0n) is 5.69. The van der Waals surface area contributed by atoms with E-state index in [4.69, 9.17) is 39.9 Å². The summed E-state index contributed by atoms with van der Waals surface area (Å²) in [7, 11) is 0. The minimum absolute atomic E-state index is 0.183. The van der Waals surface area contributed by atoms with Gasteiger partial charge in [-0.15, -0.1) is 0 Å². The molecule has 0 atom stereocenters. The Hall–Kier alpha value is -0.180. The molecule has 1 aromatic rings. The van der Waals surface area contributed by atoms with Crippen LogP contribution in [0.3, 0.4) is 0 Å². The Morgan fingerprint density at radius 1 is 1.25 bits per heavy atom. The third kappa shape index (κ3) is 2.16. The summed E-state index contributed by atoms with van der Waals surface area (Å²) < 4.78 is 11.0. The Morgan fingerprint density at radius 3 is 2.25 bits per heavy atom. The van der Waals surface area contributed by atoms with Gasteiger partial charge in [-0.3, -0.25) is 0 Å². The summed E-state index contributed by atoms with van der Waals surface area (Å²) in [6, 6.07) is 3.44. The number of phenolic OH excluding ortho intramolecular Hbond substituents is 1. The van der Waals surface area contributed by atoms with Gasteiger partial charge < -0.3 is 5.11 Å². The van der Waals surface area contributed by atoms with Gasteiger partial charge in [0.2, 0.25) is 3.79 Å². The first kappa shape index (κ1) is 9.90. The van der Waals surface area contributed by atoms with Crippen LogP contribution in [0.1, 0.15) is 5.56 Å². The number of hydrogen-bond acceptors (Lipinski definition) is 1. The second-order valence-electron chi connectivity index (χ2n) is 2.16. The molecule has 0 aliphatic heterocycles. The normalized spacial score (nSPS) is 11.7. The van der Waals surface area contributed by atoms with Gasteiger partial charge in [-0.05, 0) is 12.1 Å². The Balaban J connectivity index is 3.14. The van der Waals surface area contributed by atoms with Crippen LogP contribution in [0.15, 0.2) is 18.2 Å². The molecule has 12 heavy (non-hydrogen) atoms.